The molecule has 24 heavy (non-hydrogen) atoms. The molecule has 0 aliphatic heterocycles. The van der Waals surface area contributed by atoms with E-state index in [1.807, 2.05) is 24.3 Å². The van der Waals surface area contributed by atoms with Crippen molar-refractivity contribution in [3.05, 3.63) is 60.7 Å². The van der Waals surface area contributed by atoms with Crippen molar-refractivity contribution in [2.24, 2.45) is 0 Å². The van der Waals surface area contributed by atoms with E-state index in [1.54, 1.807) is 24.3 Å². The number of benzene rings is 2. The third-order valence-electron chi connectivity index (χ3n) is 4.75. The van der Waals surface area contributed by atoms with Crippen molar-refractivity contribution in [3.63, 3.8) is 0 Å². The fourth-order valence-corrected chi connectivity index (χ4v) is 4.76. The van der Waals surface area contributed by atoms with Gasteiger partial charge in [0.2, 0.25) is 10.0 Å². The van der Waals surface area contributed by atoms with Gasteiger partial charge in [-0.15, -0.1) is 0 Å². The van der Waals surface area contributed by atoms with Gasteiger partial charge in [0, 0.05) is 24.8 Å². The van der Waals surface area contributed by atoms with E-state index in [0.29, 0.717) is 4.90 Å². The highest BCUT2D eigenvalue weighted by molar-refractivity contribution is 7.89. The molecule has 2 aromatic rings. The molecule has 0 spiro atoms. The zero-order chi connectivity index (χ0) is 17.0. The van der Waals surface area contributed by atoms with Gasteiger partial charge < -0.3 is 4.90 Å². The number of para-hydroxylation sites is 1. The Morgan fingerprint density at radius 1 is 0.917 bits per heavy atom. The predicted octanol–water partition coefficient (Wildman–Crippen LogP) is 3.41. The van der Waals surface area contributed by atoms with Gasteiger partial charge in [0.25, 0.3) is 0 Å². The SMILES string of the molecule is CN(c1ccccc1)[C@@H]1CCCC[C@H]1NS(=O)(=O)c1ccccc1. The molecule has 3 rings (SSSR count). The summed E-state index contributed by atoms with van der Waals surface area (Å²) in [6.45, 7) is 0. The summed E-state index contributed by atoms with van der Waals surface area (Å²) in [6, 6.07) is 18.9. The number of hydrogen-bond donors (Lipinski definition) is 1. The summed E-state index contributed by atoms with van der Waals surface area (Å²) in [5.74, 6) is 0. The lowest BCUT2D eigenvalue weighted by molar-refractivity contribution is 0.351. The smallest absolute Gasteiger partial charge is 0.240 e. The van der Waals surface area contributed by atoms with Crippen molar-refractivity contribution in [1.82, 2.24) is 4.72 Å². The predicted molar refractivity (Wildman–Crippen MR) is 97.7 cm³/mol. The van der Waals surface area contributed by atoms with Crippen molar-refractivity contribution in [2.75, 3.05) is 11.9 Å². The summed E-state index contributed by atoms with van der Waals surface area (Å²) in [6.07, 6.45) is 4.05. The summed E-state index contributed by atoms with van der Waals surface area (Å²) < 4.78 is 28.3. The molecule has 0 heterocycles. The monoisotopic (exact) mass is 344 g/mol. The van der Waals surface area contributed by atoms with E-state index >= 15 is 0 Å². The Hall–Kier alpha value is -1.85. The minimum Gasteiger partial charge on any atom is -0.370 e. The van der Waals surface area contributed by atoms with Gasteiger partial charge in [0.1, 0.15) is 0 Å². The lowest BCUT2D eigenvalue weighted by Gasteiger charge is -2.39. The Morgan fingerprint density at radius 3 is 2.17 bits per heavy atom. The van der Waals surface area contributed by atoms with Gasteiger partial charge in [-0.05, 0) is 37.1 Å². The van der Waals surface area contributed by atoms with Crippen molar-refractivity contribution >= 4 is 15.7 Å². The highest BCUT2D eigenvalue weighted by atomic mass is 32.2. The molecule has 2 aromatic carbocycles. The standard InChI is InChI=1S/C19H24N2O2S/c1-21(16-10-4-2-5-11-16)19-15-9-8-14-18(19)20-24(22,23)17-12-6-3-7-13-17/h2-7,10-13,18-20H,8-9,14-15H2,1H3/t18-,19-/m1/s1. The first kappa shape index (κ1) is 17.0. The van der Waals surface area contributed by atoms with Crippen molar-refractivity contribution in [3.8, 4) is 0 Å². The molecule has 0 unspecified atom stereocenters. The van der Waals surface area contributed by atoms with Crippen LogP contribution in [0.3, 0.4) is 0 Å². The van der Waals surface area contributed by atoms with Gasteiger partial charge in [-0.2, -0.15) is 0 Å². The molecule has 1 aliphatic rings. The molecule has 5 heteroatoms. The number of nitrogens with one attached hydrogen (secondary N) is 1. The van der Waals surface area contributed by atoms with E-state index in [0.717, 1.165) is 31.4 Å². The fourth-order valence-electron chi connectivity index (χ4n) is 3.43. The summed E-state index contributed by atoms with van der Waals surface area (Å²) >= 11 is 0. The van der Waals surface area contributed by atoms with Crippen LogP contribution >= 0.6 is 0 Å². The Morgan fingerprint density at radius 2 is 1.50 bits per heavy atom. The molecule has 1 fully saturated rings. The number of rotatable bonds is 5. The van der Waals surface area contributed by atoms with E-state index in [2.05, 4.69) is 28.8 Å². The molecular weight excluding hydrogens is 320 g/mol. The van der Waals surface area contributed by atoms with Gasteiger partial charge in [0.15, 0.2) is 0 Å². The van der Waals surface area contributed by atoms with Crippen molar-refractivity contribution in [2.45, 2.75) is 42.7 Å². The van der Waals surface area contributed by atoms with Crippen LogP contribution in [0.15, 0.2) is 65.6 Å². The second-order valence-electron chi connectivity index (χ2n) is 6.34. The van der Waals surface area contributed by atoms with E-state index in [9.17, 15) is 8.42 Å². The molecule has 128 valence electrons. The van der Waals surface area contributed by atoms with Gasteiger partial charge in [-0.25, -0.2) is 13.1 Å². The first-order chi connectivity index (χ1) is 11.6. The van der Waals surface area contributed by atoms with Crippen LogP contribution in [-0.2, 0) is 10.0 Å². The molecule has 0 amide bonds. The fraction of sp³-hybridized carbons (Fsp3) is 0.368. The van der Waals surface area contributed by atoms with Crippen LogP contribution in [0.1, 0.15) is 25.7 Å². The molecule has 1 aliphatic carbocycles. The van der Waals surface area contributed by atoms with Crippen LogP contribution in [0, 0.1) is 0 Å². The molecule has 1 N–H and O–H groups in total. The molecule has 4 nitrogen and oxygen atoms in total. The molecule has 0 saturated heterocycles. The van der Waals surface area contributed by atoms with Crippen LogP contribution in [0.2, 0.25) is 0 Å². The highest BCUT2D eigenvalue weighted by Crippen LogP contribution is 2.27. The summed E-state index contributed by atoms with van der Waals surface area (Å²) in [5.41, 5.74) is 1.12. The Kier molecular flexibility index (Phi) is 5.21. The van der Waals surface area contributed by atoms with Gasteiger partial charge >= 0.3 is 0 Å². The molecule has 0 bridgehead atoms. The second kappa shape index (κ2) is 7.36. The van der Waals surface area contributed by atoms with Crippen LogP contribution in [0.25, 0.3) is 0 Å². The molecular formula is C19H24N2O2S. The number of likely N-dealkylation sites (N-methyl/N-ethyl adjacent to an activating group) is 1. The maximum Gasteiger partial charge on any atom is 0.240 e. The van der Waals surface area contributed by atoms with Crippen LogP contribution in [0.5, 0.6) is 0 Å². The average Bonchev–Trinajstić information content (AvgIpc) is 2.63. The first-order valence-electron chi connectivity index (χ1n) is 8.43. The maximum absolute atomic E-state index is 12.7. The number of sulfonamides is 1. The molecule has 0 aromatic heterocycles. The van der Waals surface area contributed by atoms with Crippen LogP contribution < -0.4 is 9.62 Å². The normalized spacial score (nSPS) is 21.4. The van der Waals surface area contributed by atoms with E-state index in [-0.39, 0.29) is 12.1 Å². The van der Waals surface area contributed by atoms with E-state index in [1.165, 1.54) is 0 Å². The number of hydrogen-bond acceptors (Lipinski definition) is 3. The van der Waals surface area contributed by atoms with E-state index < -0.39 is 10.0 Å². The minimum atomic E-state index is -3.49. The third kappa shape index (κ3) is 3.79. The maximum atomic E-state index is 12.7. The zero-order valence-electron chi connectivity index (χ0n) is 13.9. The van der Waals surface area contributed by atoms with Gasteiger partial charge in [0.05, 0.1) is 4.90 Å². The average molecular weight is 344 g/mol. The quantitative estimate of drug-likeness (QED) is 0.904. The summed E-state index contributed by atoms with van der Waals surface area (Å²) in [4.78, 5) is 2.54. The van der Waals surface area contributed by atoms with Crippen molar-refractivity contribution in [1.29, 1.82) is 0 Å². The number of anilines is 1. The largest absolute Gasteiger partial charge is 0.370 e. The highest BCUT2D eigenvalue weighted by Gasteiger charge is 2.32. The Bertz CT molecular complexity index is 747. The van der Waals surface area contributed by atoms with Gasteiger partial charge in [-0.3, -0.25) is 0 Å². The van der Waals surface area contributed by atoms with Crippen molar-refractivity contribution < 1.29 is 8.42 Å². The topological polar surface area (TPSA) is 49.4 Å². The van der Waals surface area contributed by atoms with Gasteiger partial charge in [-0.1, -0.05) is 49.2 Å². The Labute approximate surface area is 144 Å². The summed E-state index contributed by atoms with van der Waals surface area (Å²) in [7, 11) is -1.43. The van der Waals surface area contributed by atoms with Crippen LogP contribution in [-0.4, -0.2) is 27.5 Å². The molecule has 1 saturated carbocycles. The first-order valence-corrected chi connectivity index (χ1v) is 9.91. The third-order valence-corrected chi connectivity index (χ3v) is 6.26. The van der Waals surface area contributed by atoms with E-state index in [4.69, 9.17) is 0 Å². The zero-order valence-corrected chi connectivity index (χ0v) is 14.7. The summed E-state index contributed by atoms with van der Waals surface area (Å²) in [5, 5.41) is 0. The van der Waals surface area contributed by atoms with Crippen LogP contribution in [0.4, 0.5) is 5.69 Å². The Balaban J connectivity index is 1.80. The minimum absolute atomic E-state index is 0.0748. The molecule has 0 radical (unpaired) electrons. The lowest BCUT2D eigenvalue weighted by Crippen LogP contribution is -2.52. The lowest BCUT2D eigenvalue weighted by atomic mass is 9.90. The second-order valence-corrected chi connectivity index (χ2v) is 8.05. The number of nitrogens with zero attached hydrogens (tertiary/aromatic N) is 1. The molecule has 2 atom stereocenters.